The third-order valence-corrected chi connectivity index (χ3v) is 4.17. The summed E-state index contributed by atoms with van der Waals surface area (Å²) in [7, 11) is 0. The van der Waals surface area contributed by atoms with Crippen molar-refractivity contribution < 1.29 is 0 Å². The van der Waals surface area contributed by atoms with Crippen molar-refractivity contribution in [3.8, 4) is 21.6 Å². The zero-order chi connectivity index (χ0) is 10.8. The SMILES string of the molecule is c1ccc(-c2cc(-c3ccsc3)cs2)cc1. The molecule has 16 heavy (non-hydrogen) atoms. The summed E-state index contributed by atoms with van der Waals surface area (Å²) in [5.74, 6) is 0. The molecule has 2 aromatic heterocycles. The van der Waals surface area contributed by atoms with Gasteiger partial charge in [0, 0.05) is 4.88 Å². The second-order valence-electron chi connectivity index (χ2n) is 3.58. The molecule has 0 N–H and O–H groups in total. The van der Waals surface area contributed by atoms with E-state index in [1.807, 2.05) is 0 Å². The highest BCUT2D eigenvalue weighted by atomic mass is 32.1. The van der Waals surface area contributed by atoms with E-state index in [0.29, 0.717) is 0 Å². The van der Waals surface area contributed by atoms with Gasteiger partial charge in [-0.25, -0.2) is 0 Å². The monoisotopic (exact) mass is 242 g/mol. The molecule has 0 fully saturated rings. The second kappa shape index (κ2) is 4.24. The van der Waals surface area contributed by atoms with Gasteiger partial charge in [0.25, 0.3) is 0 Å². The van der Waals surface area contributed by atoms with Crippen LogP contribution in [0.2, 0.25) is 0 Å². The maximum absolute atomic E-state index is 2.27. The van der Waals surface area contributed by atoms with Gasteiger partial charge in [0.1, 0.15) is 0 Å². The van der Waals surface area contributed by atoms with Gasteiger partial charge in [-0.15, -0.1) is 11.3 Å². The maximum Gasteiger partial charge on any atom is 0.0349 e. The second-order valence-corrected chi connectivity index (χ2v) is 5.27. The average molecular weight is 242 g/mol. The summed E-state index contributed by atoms with van der Waals surface area (Å²) in [4.78, 5) is 1.34. The molecule has 3 aromatic rings. The first kappa shape index (κ1) is 9.82. The zero-order valence-corrected chi connectivity index (χ0v) is 10.2. The van der Waals surface area contributed by atoms with Crippen LogP contribution >= 0.6 is 22.7 Å². The summed E-state index contributed by atoms with van der Waals surface area (Å²) in [5.41, 5.74) is 3.95. The van der Waals surface area contributed by atoms with Gasteiger partial charge >= 0.3 is 0 Å². The van der Waals surface area contributed by atoms with Crippen molar-refractivity contribution in [2.24, 2.45) is 0 Å². The molecule has 2 heterocycles. The zero-order valence-electron chi connectivity index (χ0n) is 8.59. The smallest absolute Gasteiger partial charge is 0.0349 e. The highest BCUT2D eigenvalue weighted by molar-refractivity contribution is 7.14. The molecule has 0 atom stereocenters. The van der Waals surface area contributed by atoms with Crippen molar-refractivity contribution in [1.82, 2.24) is 0 Å². The molecular formula is C14H10S2. The molecule has 2 heteroatoms. The molecule has 0 nitrogen and oxygen atoms in total. The van der Waals surface area contributed by atoms with E-state index in [0.717, 1.165) is 0 Å². The Kier molecular flexibility index (Phi) is 2.60. The van der Waals surface area contributed by atoms with Gasteiger partial charge in [-0.2, -0.15) is 11.3 Å². The Morgan fingerprint density at radius 3 is 2.38 bits per heavy atom. The third kappa shape index (κ3) is 1.82. The molecule has 0 amide bonds. The number of hydrogen-bond acceptors (Lipinski definition) is 2. The quantitative estimate of drug-likeness (QED) is 0.583. The van der Waals surface area contributed by atoms with Crippen LogP contribution in [-0.4, -0.2) is 0 Å². The predicted molar refractivity (Wildman–Crippen MR) is 73.1 cm³/mol. The largest absolute Gasteiger partial charge is 0.152 e. The predicted octanol–water partition coefficient (Wildman–Crippen LogP) is 5.14. The van der Waals surface area contributed by atoms with Gasteiger partial charge in [0.05, 0.1) is 0 Å². The fraction of sp³-hybridized carbons (Fsp3) is 0. The van der Waals surface area contributed by atoms with E-state index in [1.54, 1.807) is 22.7 Å². The number of benzene rings is 1. The summed E-state index contributed by atoms with van der Waals surface area (Å²) in [5, 5.41) is 6.54. The molecule has 0 aliphatic heterocycles. The summed E-state index contributed by atoms with van der Waals surface area (Å²) in [6.45, 7) is 0. The van der Waals surface area contributed by atoms with Gasteiger partial charge in [-0.1, -0.05) is 30.3 Å². The van der Waals surface area contributed by atoms with Crippen LogP contribution in [0.3, 0.4) is 0 Å². The molecule has 3 rings (SSSR count). The summed E-state index contributed by atoms with van der Waals surface area (Å²) >= 11 is 3.55. The van der Waals surface area contributed by atoms with Gasteiger partial charge in [0.2, 0.25) is 0 Å². The number of rotatable bonds is 2. The highest BCUT2D eigenvalue weighted by Crippen LogP contribution is 2.33. The summed E-state index contributed by atoms with van der Waals surface area (Å²) < 4.78 is 0. The van der Waals surface area contributed by atoms with Crippen LogP contribution in [-0.2, 0) is 0 Å². The fourth-order valence-corrected chi connectivity index (χ4v) is 3.26. The molecule has 0 saturated heterocycles. The fourth-order valence-electron chi connectivity index (χ4n) is 1.67. The van der Waals surface area contributed by atoms with Crippen molar-refractivity contribution in [3.05, 3.63) is 58.6 Å². The summed E-state index contributed by atoms with van der Waals surface area (Å²) in [6, 6.07) is 15.0. The highest BCUT2D eigenvalue weighted by Gasteiger charge is 2.04. The maximum atomic E-state index is 2.27. The van der Waals surface area contributed by atoms with Crippen molar-refractivity contribution in [2.45, 2.75) is 0 Å². The molecular weight excluding hydrogens is 232 g/mol. The topological polar surface area (TPSA) is 0 Å². The Morgan fingerprint density at radius 1 is 0.750 bits per heavy atom. The first-order valence-corrected chi connectivity index (χ1v) is 6.92. The standard InChI is InChI=1S/C14H10S2/c1-2-4-11(5-3-1)14-8-13(10-16-14)12-6-7-15-9-12/h1-10H. The van der Waals surface area contributed by atoms with E-state index in [4.69, 9.17) is 0 Å². The van der Waals surface area contributed by atoms with E-state index in [2.05, 4.69) is 58.6 Å². The van der Waals surface area contributed by atoms with E-state index >= 15 is 0 Å². The molecule has 0 aliphatic rings. The van der Waals surface area contributed by atoms with Crippen molar-refractivity contribution >= 4 is 22.7 Å². The van der Waals surface area contributed by atoms with Crippen molar-refractivity contribution in [3.63, 3.8) is 0 Å². The minimum atomic E-state index is 1.30. The van der Waals surface area contributed by atoms with Crippen molar-refractivity contribution in [1.29, 1.82) is 0 Å². The Labute approximate surface area is 103 Å². The van der Waals surface area contributed by atoms with Gasteiger partial charge < -0.3 is 0 Å². The molecule has 0 spiro atoms. The third-order valence-electron chi connectivity index (χ3n) is 2.51. The Bertz CT molecular complexity index is 562. The lowest BCUT2D eigenvalue weighted by Gasteiger charge is -1.94. The number of thiophene rings is 2. The minimum Gasteiger partial charge on any atom is -0.152 e. The lowest BCUT2D eigenvalue weighted by atomic mass is 10.1. The van der Waals surface area contributed by atoms with Crippen LogP contribution in [0.1, 0.15) is 0 Å². The summed E-state index contributed by atoms with van der Waals surface area (Å²) in [6.07, 6.45) is 0. The molecule has 0 radical (unpaired) electrons. The molecule has 0 saturated carbocycles. The lowest BCUT2D eigenvalue weighted by molar-refractivity contribution is 1.70. The van der Waals surface area contributed by atoms with E-state index in [9.17, 15) is 0 Å². The molecule has 0 bridgehead atoms. The normalized spacial score (nSPS) is 10.5. The van der Waals surface area contributed by atoms with E-state index in [1.165, 1.54) is 21.6 Å². The van der Waals surface area contributed by atoms with E-state index in [-0.39, 0.29) is 0 Å². The number of hydrogen-bond donors (Lipinski definition) is 0. The molecule has 1 aromatic carbocycles. The Morgan fingerprint density at radius 2 is 1.62 bits per heavy atom. The van der Waals surface area contributed by atoms with Crippen LogP contribution < -0.4 is 0 Å². The van der Waals surface area contributed by atoms with Gasteiger partial charge in [-0.3, -0.25) is 0 Å². The average Bonchev–Trinajstić information content (AvgIpc) is 3.01. The Balaban J connectivity index is 2.00. The van der Waals surface area contributed by atoms with E-state index < -0.39 is 0 Å². The Hall–Kier alpha value is -1.38. The lowest BCUT2D eigenvalue weighted by Crippen LogP contribution is -1.69. The van der Waals surface area contributed by atoms with Crippen molar-refractivity contribution in [2.75, 3.05) is 0 Å². The molecule has 0 aliphatic carbocycles. The van der Waals surface area contributed by atoms with Crippen LogP contribution in [0.15, 0.2) is 58.6 Å². The van der Waals surface area contributed by atoms with Gasteiger partial charge in [0.15, 0.2) is 0 Å². The van der Waals surface area contributed by atoms with Crippen LogP contribution in [0.25, 0.3) is 21.6 Å². The van der Waals surface area contributed by atoms with Crippen LogP contribution in [0.4, 0.5) is 0 Å². The van der Waals surface area contributed by atoms with Crippen LogP contribution in [0.5, 0.6) is 0 Å². The first-order chi connectivity index (χ1) is 7.93. The van der Waals surface area contributed by atoms with Gasteiger partial charge in [-0.05, 0) is 45.0 Å². The molecule has 78 valence electrons. The first-order valence-electron chi connectivity index (χ1n) is 5.10. The molecule has 0 unspecified atom stereocenters. The van der Waals surface area contributed by atoms with Crippen LogP contribution in [0, 0.1) is 0 Å². The minimum absolute atomic E-state index is 1.30.